The summed E-state index contributed by atoms with van der Waals surface area (Å²) in [5.74, 6) is 0.846. The Bertz CT molecular complexity index is 585. The van der Waals surface area contributed by atoms with Gasteiger partial charge in [0.15, 0.2) is 0 Å². The third-order valence-corrected chi connectivity index (χ3v) is 3.26. The highest BCUT2D eigenvalue weighted by atomic mass is 16.5. The third-order valence-electron chi connectivity index (χ3n) is 3.26. The van der Waals surface area contributed by atoms with Crippen molar-refractivity contribution in [1.29, 1.82) is 0 Å². The normalized spacial score (nSPS) is 10.6. The molecule has 0 aliphatic heterocycles. The van der Waals surface area contributed by atoms with E-state index in [0.717, 1.165) is 23.7 Å². The molecule has 0 radical (unpaired) electrons. The van der Waals surface area contributed by atoms with Crippen LogP contribution in [0.4, 0.5) is 0 Å². The van der Waals surface area contributed by atoms with Crippen LogP contribution in [0.1, 0.15) is 22.5 Å². The van der Waals surface area contributed by atoms with Gasteiger partial charge < -0.3 is 14.8 Å². The van der Waals surface area contributed by atoms with Crippen LogP contribution in [0.25, 0.3) is 0 Å². The van der Waals surface area contributed by atoms with E-state index in [0.29, 0.717) is 13.2 Å². The van der Waals surface area contributed by atoms with E-state index in [1.807, 2.05) is 31.2 Å². The molecule has 0 fully saturated rings. The third kappa shape index (κ3) is 4.55. The van der Waals surface area contributed by atoms with E-state index in [1.165, 1.54) is 11.1 Å². The lowest BCUT2D eigenvalue weighted by Gasteiger charge is -2.11. The number of methoxy groups -OCH3 is 2. The van der Waals surface area contributed by atoms with Gasteiger partial charge in [0, 0.05) is 38.0 Å². The first kappa shape index (κ1) is 15.5. The molecule has 0 atom stereocenters. The molecule has 0 saturated heterocycles. The molecule has 0 amide bonds. The monoisotopic (exact) mass is 286 g/mol. The average molecular weight is 286 g/mol. The number of aromatic nitrogens is 1. The molecule has 112 valence electrons. The second kappa shape index (κ2) is 7.76. The van der Waals surface area contributed by atoms with Gasteiger partial charge in [-0.05, 0) is 18.1 Å². The maximum atomic E-state index is 5.27. The van der Waals surface area contributed by atoms with Crippen molar-refractivity contribution in [2.75, 3.05) is 14.2 Å². The molecule has 0 aliphatic carbocycles. The average Bonchev–Trinajstić information content (AvgIpc) is 2.48. The first-order valence-electron chi connectivity index (χ1n) is 7.01. The number of rotatable bonds is 7. The molecule has 0 saturated carbocycles. The van der Waals surface area contributed by atoms with Crippen molar-refractivity contribution >= 4 is 0 Å². The molecule has 1 N–H and O–H groups in total. The summed E-state index contributed by atoms with van der Waals surface area (Å²) in [5.41, 5.74) is 4.41. The van der Waals surface area contributed by atoms with E-state index in [9.17, 15) is 0 Å². The summed E-state index contributed by atoms with van der Waals surface area (Å²) in [6.07, 6.45) is 0. The zero-order chi connectivity index (χ0) is 15.1. The number of nitrogens with zero attached hydrogens (tertiary/aromatic N) is 1. The van der Waals surface area contributed by atoms with Gasteiger partial charge in [0.2, 0.25) is 0 Å². The van der Waals surface area contributed by atoms with Crippen LogP contribution in [0.5, 0.6) is 5.75 Å². The maximum Gasteiger partial charge on any atom is 0.122 e. The van der Waals surface area contributed by atoms with Crippen molar-refractivity contribution < 1.29 is 9.47 Å². The molecule has 2 aromatic rings. The zero-order valence-electron chi connectivity index (χ0n) is 12.8. The van der Waals surface area contributed by atoms with E-state index >= 15 is 0 Å². The van der Waals surface area contributed by atoms with Gasteiger partial charge in [-0.1, -0.05) is 24.3 Å². The first-order chi connectivity index (χ1) is 10.2. The van der Waals surface area contributed by atoms with Crippen LogP contribution in [-0.2, 0) is 24.4 Å². The van der Waals surface area contributed by atoms with Gasteiger partial charge in [-0.25, -0.2) is 0 Å². The minimum absolute atomic E-state index is 0.633. The quantitative estimate of drug-likeness (QED) is 0.850. The minimum atomic E-state index is 0.633. The summed E-state index contributed by atoms with van der Waals surface area (Å²) in [6.45, 7) is 4.10. The Kier molecular flexibility index (Phi) is 5.72. The van der Waals surface area contributed by atoms with Crippen LogP contribution in [0.15, 0.2) is 36.4 Å². The van der Waals surface area contributed by atoms with Crippen LogP contribution < -0.4 is 10.1 Å². The molecule has 0 spiro atoms. The fourth-order valence-electron chi connectivity index (χ4n) is 2.26. The predicted octanol–water partition coefficient (Wildman–Crippen LogP) is 2.83. The topological polar surface area (TPSA) is 43.4 Å². The largest absolute Gasteiger partial charge is 0.497 e. The summed E-state index contributed by atoms with van der Waals surface area (Å²) in [4.78, 5) is 4.50. The Morgan fingerprint density at radius 3 is 2.52 bits per heavy atom. The maximum absolute atomic E-state index is 5.27. The van der Waals surface area contributed by atoms with Crippen LogP contribution in [-0.4, -0.2) is 19.2 Å². The SMILES string of the molecule is COCc1ccccc1CNCc1cc(OC)cc(C)n1. The van der Waals surface area contributed by atoms with Gasteiger partial charge in [-0.2, -0.15) is 0 Å². The number of nitrogens with one attached hydrogen (secondary N) is 1. The highest BCUT2D eigenvalue weighted by Crippen LogP contribution is 2.14. The van der Waals surface area contributed by atoms with Gasteiger partial charge in [-0.15, -0.1) is 0 Å². The summed E-state index contributed by atoms with van der Waals surface area (Å²) >= 11 is 0. The van der Waals surface area contributed by atoms with Crippen molar-refractivity contribution in [1.82, 2.24) is 10.3 Å². The van der Waals surface area contributed by atoms with E-state index in [1.54, 1.807) is 14.2 Å². The smallest absolute Gasteiger partial charge is 0.122 e. The number of hydrogen-bond acceptors (Lipinski definition) is 4. The molecular formula is C17H22N2O2. The molecule has 1 aromatic heterocycles. The van der Waals surface area contributed by atoms with Crippen LogP contribution >= 0.6 is 0 Å². The van der Waals surface area contributed by atoms with Crippen molar-refractivity contribution in [3.8, 4) is 5.75 Å². The fourth-order valence-corrected chi connectivity index (χ4v) is 2.26. The highest BCUT2D eigenvalue weighted by molar-refractivity contribution is 5.28. The molecule has 4 nitrogen and oxygen atoms in total. The Morgan fingerprint density at radius 1 is 1.05 bits per heavy atom. The van der Waals surface area contributed by atoms with E-state index < -0.39 is 0 Å². The number of ether oxygens (including phenoxy) is 2. The Balaban J connectivity index is 1.97. The van der Waals surface area contributed by atoms with Gasteiger partial charge >= 0.3 is 0 Å². The number of benzene rings is 1. The standard InChI is InChI=1S/C17H22N2O2/c1-13-8-17(21-3)9-16(19-13)11-18-10-14-6-4-5-7-15(14)12-20-2/h4-9,18H,10-12H2,1-3H3. The molecule has 1 aromatic carbocycles. The van der Waals surface area contributed by atoms with E-state index in [-0.39, 0.29) is 0 Å². The Morgan fingerprint density at radius 2 is 1.81 bits per heavy atom. The summed E-state index contributed by atoms with van der Waals surface area (Å²) < 4.78 is 10.5. The van der Waals surface area contributed by atoms with Crippen LogP contribution in [0.3, 0.4) is 0 Å². The number of hydrogen-bond donors (Lipinski definition) is 1. The van der Waals surface area contributed by atoms with Crippen molar-refractivity contribution in [3.63, 3.8) is 0 Å². The summed E-state index contributed by atoms with van der Waals surface area (Å²) in [7, 11) is 3.39. The molecule has 2 rings (SSSR count). The van der Waals surface area contributed by atoms with Crippen LogP contribution in [0, 0.1) is 6.92 Å². The fraction of sp³-hybridized carbons (Fsp3) is 0.353. The van der Waals surface area contributed by atoms with Crippen molar-refractivity contribution in [3.05, 3.63) is 58.9 Å². The van der Waals surface area contributed by atoms with Gasteiger partial charge in [0.25, 0.3) is 0 Å². The predicted molar refractivity (Wildman–Crippen MR) is 83.2 cm³/mol. The van der Waals surface area contributed by atoms with Crippen LogP contribution in [0.2, 0.25) is 0 Å². The van der Waals surface area contributed by atoms with Gasteiger partial charge in [-0.3, -0.25) is 4.98 Å². The van der Waals surface area contributed by atoms with Crippen molar-refractivity contribution in [2.45, 2.75) is 26.6 Å². The lowest BCUT2D eigenvalue weighted by atomic mass is 10.1. The Labute approximate surface area is 126 Å². The molecule has 0 unspecified atom stereocenters. The second-order valence-electron chi connectivity index (χ2n) is 4.94. The zero-order valence-corrected chi connectivity index (χ0v) is 12.8. The molecule has 0 bridgehead atoms. The lowest BCUT2D eigenvalue weighted by molar-refractivity contribution is 0.184. The van der Waals surface area contributed by atoms with E-state index in [2.05, 4.69) is 22.4 Å². The molecule has 21 heavy (non-hydrogen) atoms. The molecule has 0 aliphatic rings. The lowest BCUT2D eigenvalue weighted by Crippen LogP contribution is -2.15. The summed E-state index contributed by atoms with van der Waals surface area (Å²) in [5, 5.41) is 3.42. The number of aryl methyl sites for hydroxylation is 1. The highest BCUT2D eigenvalue weighted by Gasteiger charge is 2.03. The second-order valence-corrected chi connectivity index (χ2v) is 4.94. The van der Waals surface area contributed by atoms with Gasteiger partial charge in [0.05, 0.1) is 19.4 Å². The first-order valence-corrected chi connectivity index (χ1v) is 7.01. The van der Waals surface area contributed by atoms with E-state index in [4.69, 9.17) is 9.47 Å². The molecule has 1 heterocycles. The number of pyridine rings is 1. The minimum Gasteiger partial charge on any atom is -0.497 e. The van der Waals surface area contributed by atoms with Crippen molar-refractivity contribution in [2.24, 2.45) is 0 Å². The molecule has 4 heteroatoms. The molecular weight excluding hydrogens is 264 g/mol. The van der Waals surface area contributed by atoms with Gasteiger partial charge in [0.1, 0.15) is 5.75 Å². The Hall–Kier alpha value is -1.91. The summed E-state index contributed by atoms with van der Waals surface area (Å²) in [6, 6.07) is 12.2.